The van der Waals surface area contributed by atoms with E-state index in [1.54, 1.807) is 0 Å². The van der Waals surface area contributed by atoms with Gasteiger partial charge in [0, 0.05) is 12.5 Å². The summed E-state index contributed by atoms with van der Waals surface area (Å²) in [7, 11) is 0. The molecule has 1 aromatic rings. The highest BCUT2D eigenvalue weighted by atomic mass is 32.1. The number of hydrogen-bond acceptors (Lipinski definition) is 2. The monoisotopic (exact) mass is 209 g/mol. The van der Waals surface area contributed by atoms with Crippen molar-refractivity contribution in [1.29, 1.82) is 0 Å². The molecule has 0 spiro atoms. The molecule has 4 heteroatoms. The van der Waals surface area contributed by atoms with Gasteiger partial charge in [0.15, 0.2) is 4.77 Å². The van der Waals surface area contributed by atoms with Crippen LogP contribution in [0.15, 0.2) is 0 Å². The van der Waals surface area contributed by atoms with Crippen LogP contribution in [0.25, 0.3) is 0 Å². The Morgan fingerprint density at radius 1 is 1.50 bits per heavy atom. The highest BCUT2D eigenvalue weighted by Gasteiger charge is 2.55. The van der Waals surface area contributed by atoms with Crippen molar-refractivity contribution in [3.63, 3.8) is 0 Å². The summed E-state index contributed by atoms with van der Waals surface area (Å²) in [5, 5.41) is 7.29. The Morgan fingerprint density at radius 3 is 2.86 bits per heavy atom. The quantitative estimate of drug-likeness (QED) is 0.759. The van der Waals surface area contributed by atoms with Crippen molar-refractivity contribution in [3.8, 4) is 0 Å². The molecule has 14 heavy (non-hydrogen) atoms. The Labute approximate surface area is 88.5 Å². The molecular weight excluding hydrogens is 194 g/mol. The van der Waals surface area contributed by atoms with E-state index in [1.807, 2.05) is 0 Å². The number of aromatic amines is 1. The second kappa shape index (κ2) is 2.92. The van der Waals surface area contributed by atoms with Crippen molar-refractivity contribution in [2.24, 2.45) is 11.8 Å². The summed E-state index contributed by atoms with van der Waals surface area (Å²) in [4.78, 5) is 0. The molecule has 3 nitrogen and oxygen atoms in total. The molecule has 0 aromatic carbocycles. The molecule has 2 unspecified atom stereocenters. The van der Waals surface area contributed by atoms with Gasteiger partial charge in [0.1, 0.15) is 5.82 Å². The number of hydrogen-bond donors (Lipinski definition) is 1. The first-order valence-corrected chi connectivity index (χ1v) is 5.89. The van der Waals surface area contributed by atoms with Gasteiger partial charge in [-0.2, -0.15) is 5.10 Å². The zero-order chi connectivity index (χ0) is 9.71. The fourth-order valence-electron chi connectivity index (χ4n) is 3.09. The standard InChI is InChI=1S/C10H15N3S/c1-2-13-9(11-12-10(13)14)8-6-4-3-5-7(6)8/h6-8H,2-5H2,1H3,(H,12,14). The Hall–Kier alpha value is -0.640. The van der Waals surface area contributed by atoms with Crippen LogP contribution in [0.5, 0.6) is 0 Å². The lowest BCUT2D eigenvalue weighted by Gasteiger charge is -2.04. The van der Waals surface area contributed by atoms with Gasteiger partial charge in [0.2, 0.25) is 0 Å². The molecule has 0 saturated heterocycles. The minimum atomic E-state index is 0.719. The largest absolute Gasteiger partial charge is 0.304 e. The van der Waals surface area contributed by atoms with Crippen LogP contribution < -0.4 is 0 Å². The first-order valence-electron chi connectivity index (χ1n) is 5.48. The Morgan fingerprint density at radius 2 is 2.21 bits per heavy atom. The van der Waals surface area contributed by atoms with E-state index in [-0.39, 0.29) is 0 Å². The lowest BCUT2D eigenvalue weighted by Crippen LogP contribution is -2.02. The van der Waals surface area contributed by atoms with Crippen molar-refractivity contribution in [2.75, 3.05) is 0 Å². The van der Waals surface area contributed by atoms with Crippen molar-refractivity contribution in [3.05, 3.63) is 10.6 Å². The molecule has 0 amide bonds. The highest BCUT2D eigenvalue weighted by Crippen LogP contribution is 2.62. The molecule has 0 aliphatic heterocycles. The van der Waals surface area contributed by atoms with Gasteiger partial charge in [-0.05, 0) is 43.8 Å². The number of fused-ring (bicyclic) bond motifs is 1. The van der Waals surface area contributed by atoms with Crippen LogP contribution in [0.3, 0.4) is 0 Å². The number of aromatic nitrogens is 3. The molecule has 2 saturated carbocycles. The second-order valence-electron chi connectivity index (χ2n) is 4.42. The van der Waals surface area contributed by atoms with Crippen LogP contribution in [0.4, 0.5) is 0 Å². The predicted octanol–water partition coefficient (Wildman–Crippen LogP) is 2.47. The van der Waals surface area contributed by atoms with Crippen molar-refractivity contribution >= 4 is 12.2 Å². The van der Waals surface area contributed by atoms with Gasteiger partial charge in [0.05, 0.1) is 0 Å². The summed E-state index contributed by atoms with van der Waals surface area (Å²) < 4.78 is 2.94. The van der Waals surface area contributed by atoms with Gasteiger partial charge in [-0.25, -0.2) is 0 Å². The SMILES string of the molecule is CCn1c(C2C3CCCC32)n[nH]c1=S. The maximum atomic E-state index is 5.20. The Balaban J connectivity index is 1.94. The second-order valence-corrected chi connectivity index (χ2v) is 4.80. The van der Waals surface area contributed by atoms with E-state index in [9.17, 15) is 0 Å². The molecule has 0 bridgehead atoms. The van der Waals surface area contributed by atoms with E-state index in [2.05, 4.69) is 21.7 Å². The number of rotatable bonds is 2. The molecule has 0 radical (unpaired) electrons. The summed E-state index contributed by atoms with van der Waals surface area (Å²) in [5.41, 5.74) is 0. The maximum absolute atomic E-state index is 5.20. The lowest BCUT2D eigenvalue weighted by molar-refractivity contribution is 0.611. The summed E-state index contributed by atoms with van der Waals surface area (Å²) in [6, 6.07) is 0. The van der Waals surface area contributed by atoms with Crippen molar-refractivity contribution < 1.29 is 0 Å². The van der Waals surface area contributed by atoms with Crippen LogP contribution in [-0.4, -0.2) is 14.8 Å². The molecule has 76 valence electrons. The lowest BCUT2D eigenvalue weighted by atomic mass is 10.1. The van der Waals surface area contributed by atoms with E-state index in [1.165, 1.54) is 25.1 Å². The average molecular weight is 209 g/mol. The first-order chi connectivity index (χ1) is 6.83. The van der Waals surface area contributed by atoms with Crippen LogP contribution in [0.1, 0.15) is 37.9 Å². The fourth-order valence-corrected chi connectivity index (χ4v) is 3.36. The van der Waals surface area contributed by atoms with E-state index < -0.39 is 0 Å². The van der Waals surface area contributed by atoms with E-state index in [0.29, 0.717) is 0 Å². The molecule has 1 heterocycles. The van der Waals surface area contributed by atoms with E-state index in [0.717, 1.165) is 29.1 Å². The van der Waals surface area contributed by atoms with Crippen LogP contribution in [0.2, 0.25) is 0 Å². The van der Waals surface area contributed by atoms with Gasteiger partial charge >= 0.3 is 0 Å². The molecule has 1 N–H and O–H groups in total. The minimum absolute atomic E-state index is 0.719. The van der Waals surface area contributed by atoms with Crippen LogP contribution in [-0.2, 0) is 6.54 Å². The summed E-state index contributed by atoms with van der Waals surface area (Å²) in [6.07, 6.45) is 4.22. The molecular formula is C10H15N3S. The number of nitrogens with one attached hydrogen (secondary N) is 1. The third-order valence-corrected chi connectivity index (χ3v) is 4.12. The van der Waals surface area contributed by atoms with Crippen LogP contribution in [0, 0.1) is 16.6 Å². The molecule has 2 aliphatic carbocycles. The van der Waals surface area contributed by atoms with Crippen molar-refractivity contribution in [1.82, 2.24) is 14.8 Å². The Kier molecular flexibility index (Phi) is 1.81. The summed E-state index contributed by atoms with van der Waals surface area (Å²) in [6.45, 7) is 3.08. The number of nitrogens with zero attached hydrogens (tertiary/aromatic N) is 2. The highest BCUT2D eigenvalue weighted by molar-refractivity contribution is 7.71. The summed E-state index contributed by atoms with van der Waals surface area (Å²) in [5.74, 6) is 3.78. The topological polar surface area (TPSA) is 33.6 Å². The van der Waals surface area contributed by atoms with Gasteiger partial charge in [0.25, 0.3) is 0 Å². The van der Waals surface area contributed by atoms with Gasteiger partial charge in [-0.1, -0.05) is 6.42 Å². The minimum Gasteiger partial charge on any atom is -0.304 e. The van der Waals surface area contributed by atoms with Gasteiger partial charge in [-0.15, -0.1) is 0 Å². The zero-order valence-electron chi connectivity index (χ0n) is 8.36. The zero-order valence-corrected chi connectivity index (χ0v) is 9.18. The van der Waals surface area contributed by atoms with E-state index >= 15 is 0 Å². The van der Waals surface area contributed by atoms with Crippen molar-refractivity contribution in [2.45, 2.75) is 38.6 Å². The summed E-state index contributed by atoms with van der Waals surface area (Å²) >= 11 is 5.20. The normalized spacial score (nSPS) is 34.5. The molecule has 3 rings (SSSR count). The van der Waals surface area contributed by atoms with Gasteiger partial charge in [-0.3, -0.25) is 5.10 Å². The Bertz CT molecular complexity index is 396. The molecule has 2 aliphatic rings. The van der Waals surface area contributed by atoms with E-state index in [4.69, 9.17) is 12.2 Å². The maximum Gasteiger partial charge on any atom is 0.195 e. The molecule has 2 fully saturated rings. The first kappa shape index (κ1) is 8.65. The average Bonchev–Trinajstić information content (AvgIpc) is 2.61. The number of H-pyrrole nitrogens is 1. The molecule has 2 atom stereocenters. The smallest absolute Gasteiger partial charge is 0.195 e. The third-order valence-electron chi connectivity index (χ3n) is 3.81. The predicted molar refractivity (Wildman–Crippen MR) is 56.7 cm³/mol. The van der Waals surface area contributed by atoms with Gasteiger partial charge < -0.3 is 4.57 Å². The van der Waals surface area contributed by atoms with Crippen LogP contribution >= 0.6 is 12.2 Å². The third kappa shape index (κ3) is 1.03. The fraction of sp³-hybridized carbons (Fsp3) is 0.800. The molecule has 1 aromatic heterocycles.